The molecule has 80 valence electrons. The zero-order chi connectivity index (χ0) is 12.3. The molecule has 0 aliphatic carbocycles. The molecule has 0 unspecified atom stereocenters. The van der Waals surface area contributed by atoms with Crippen molar-refractivity contribution in [2.45, 2.75) is 13.8 Å². The second-order valence-electron chi connectivity index (χ2n) is 2.15. The minimum atomic E-state index is -1.19. The maximum atomic E-state index is 9.60. The Hall–Kier alpha value is -0.840. The van der Waals surface area contributed by atoms with Crippen LogP contribution in [0, 0.1) is 0 Å². The number of hydrogen-bond acceptors (Lipinski definition) is 3. The van der Waals surface area contributed by atoms with Gasteiger partial charge in [-0.15, -0.1) is 13.2 Å². The predicted octanol–water partition coefficient (Wildman–Crippen LogP) is -2.23. The third-order valence-corrected chi connectivity index (χ3v) is 0.714. The van der Waals surface area contributed by atoms with Gasteiger partial charge in [0.15, 0.2) is 0 Å². The third kappa shape index (κ3) is 32.0. The molecule has 0 aromatic rings. The first-order valence-corrected chi connectivity index (χ1v) is 3.54. The largest absolute Gasteiger partial charge is 1.00 e. The van der Waals surface area contributed by atoms with Crippen LogP contribution in [0.4, 0.5) is 0 Å². The van der Waals surface area contributed by atoms with E-state index in [0.29, 0.717) is 0 Å². The van der Waals surface area contributed by atoms with Gasteiger partial charge in [-0.2, -0.15) is 0 Å². The van der Waals surface area contributed by atoms with Crippen molar-refractivity contribution in [1.82, 2.24) is 0 Å². The smallest absolute Gasteiger partial charge is 0.545 e. The van der Waals surface area contributed by atoms with Crippen LogP contribution in [0.25, 0.3) is 0 Å². The molecular weight excluding hydrogens is 207 g/mol. The van der Waals surface area contributed by atoms with Crippen molar-refractivity contribution in [2.75, 3.05) is 0 Å². The van der Waals surface area contributed by atoms with E-state index in [0.717, 1.165) is 0 Å². The van der Waals surface area contributed by atoms with E-state index in [1.54, 1.807) is 0 Å². The van der Waals surface area contributed by atoms with Crippen LogP contribution in [0.15, 0.2) is 37.5 Å². The molecule has 0 aliphatic heterocycles. The van der Waals surface area contributed by atoms with Crippen LogP contribution in [0.5, 0.6) is 0 Å². The van der Waals surface area contributed by atoms with Gasteiger partial charge in [0.2, 0.25) is 0 Å². The zero-order valence-electron chi connectivity index (χ0n) is 9.50. The van der Waals surface area contributed by atoms with Crippen LogP contribution in [0.1, 0.15) is 13.8 Å². The molecule has 0 spiro atoms. The van der Waals surface area contributed by atoms with Crippen LogP contribution >= 0.6 is 0 Å². The van der Waals surface area contributed by atoms with Gasteiger partial charge in [-0.1, -0.05) is 13.2 Å². The third-order valence-electron chi connectivity index (χ3n) is 0.714. The first-order valence-electron chi connectivity index (χ1n) is 3.54. The fourth-order valence-corrected chi connectivity index (χ4v) is 0. The second kappa shape index (κ2) is 15.6. The molecular formula is C10H15NaO4. The summed E-state index contributed by atoms with van der Waals surface area (Å²) in [5, 5.41) is 17.4. The Morgan fingerprint density at radius 1 is 1.07 bits per heavy atom. The molecule has 0 aromatic heterocycles. The molecule has 0 radical (unpaired) electrons. The molecule has 0 atom stereocenters. The zero-order valence-corrected chi connectivity index (χ0v) is 11.5. The number of hydrogen-bond donors (Lipinski definition) is 1. The average Bonchev–Trinajstić information content (AvgIpc) is 2.08. The molecule has 0 fully saturated rings. The number of aliphatic carboxylic acids is 2. The van der Waals surface area contributed by atoms with Crippen LogP contribution in [-0.4, -0.2) is 17.0 Å². The topological polar surface area (TPSA) is 77.4 Å². The Kier molecular flexibility index (Phi) is 24.7. The van der Waals surface area contributed by atoms with Gasteiger partial charge in [0.1, 0.15) is 0 Å². The van der Waals surface area contributed by atoms with Crippen molar-refractivity contribution in [2.24, 2.45) is 0 Å². The molecule has 1 N–H and O–H groups in total. The number of rotatable bonds is 2. The SMILES string of the molecule is C=C.C=C(C)C(=O)O.C=C(C)C(=O)[O-].[Na+]. The quantitative estimate of drug-likeness (QED) is 0.326. The average molecular weight is 222 g/mol. The van der Waals surface area contributed by atoms with Crippen molar-refractivity contribution in [3.8, 4) is 0 Å². The van der Waals surface area contributed by atoms with E-state index in [2.05, 4.69) is 26.3 Å². The van der Waals surface area contributed by atoms with Gasteiger partial charge in [0.05, 0.1) is 5.97 Å². The summed E-state index contributed by atoms with van der Waals surface area (Å²) in [6.45, 7) is 15.1. The molecule has 4 nitrogen and oxygen atoms in total. The van der Waals surface area contributed by atoms with Gasteiger partial charge >= 0.3 is 35.5 Å². The number of carboxylic acid groups (broad SMARTS) is 2. The van der Waals surface area contributed by atoms with Gasteiger partial charge in [0, 0.05) is 5.57 Å². The molecule has 5 heteroatoms. The van der Waals surface area contributed by atoms with Crippen molar-refractivity contribution < 1.29 is 49.4 Å². The van der Waals surface area contributed by atoms with E-state index in [9.17, 15) is 14.7 Å². The van der Waals surface area contributed by atoms with Crippen LogP contribution in [0.3, 0.4) is 0 Å². The normalized spacial score (nSPS) is 6.27. The Bertz CT molecular complexity index is 186. The summed E-state index contributed by atoms with van der Waals surface area (Å²) in [6, 6.07) is 0. The summed E-state index contributed by atoms with van der Waals surface area (Å²) in [7, 11) is 0. The Morgan fingerprint density at radius 2 is 1.20 bits per heavy atom. The molecule has 0 saturated carbocycles. The number of carboxylic acids is 2. The summed E-state index contributed by atoms with van der Waals surface area (Å²) in [5.74, 6) is -2.12. The first-order chi connectivity index (χ1) is 6.29. The van der Waals surface area contributed by atoms with Crippen LogP contribution in [-0.2, 0) is 9.59 Å². The number of carbonyl (C=O) groups is 2. The summed E-state index contributed by atoms with van der Waals surface area (Å²) < 4.78 is 0. The molecule has 0 amide bonds. The van der Waals surface area contributed by atoms with Gasteiger partial charge in [-0.3, -0.25) is 0 Å². The van der Waals surface area contributed by atoms with Crippen molar-refractivity contribution >= 4 is 11.9 Å². The summed E-state index contributed by atoms with van der Waals surface area (Å²) in [5.41, 5.74) is 0.241. The van der Waals surface area contributed by atoms with E-state index >= 15 is 0 Å². The van der Waals surface area contributed by atoms with E-state index in [1.165, 1.54) is 13.8 Å². The summed E-state index contributed by atoms with van der Waals surface area (Å²) >= 11 is 0. The van der Waals surface area contributed by atoms with Gasteiger partial charge < -0.3 is 15.0 Å². The molecule has 0 bridgehead atoms. The Labute approximate surface area is 112 Å². The van der Waals surface area contributed by atoms with Crippen molar-refractivity contribution in [3.05, 3.63) is 37.5 Å². The monoisotopic (exact) mass is 222 g/mol. The summed E-state index contributed by atoms with van der Waals surface area (Å²) in [6.07, 6.45) is 0. The minimum absolute atomic E-state index is 0. The fraction of sp³-hybridized carbons (Fsp3) is 0.200. The van der Waals surface area contributed by atoms with Gasteiger partial charge in [0.25, 0.3) is 0 Å². The van der Waals surface area contributed by atoms with Crippen molar-refractivity contribution in [3.63, 3.8) is 0 Å². The molecule has 0 aliphatic rings. The predicted molar refractivity (Wildman–Crippen MR) is 53.5 cm³/mol. The molecule has 0 saturated heterocycles. The minimum Gasteiger partial charge on any atom is -0.545 e. The first kappa shape index (κ1) is 23.8. The van der Waals surface area contributed by atoms with Crippen LogP contribution < -0.4 is 34.7 Å². The molecule has 15 heavy (non-hydrogen) atoms. The molecule has 0 aromatic carbocycles. The Morgan fingerprint density at radius 3 is 1.20 bits per heavy atom. The molecule has 0 rings (SSSR count). The fourth-order valence-electron chi connectivity index (χ4n) is 0. The maximum absolute atomic E-state index is 9.60. The Balaban J connectivity index is -0.0000000653. The van der Waals surface area contributed by atoms with Crippen LogP contribution in [0.2, 0.25) is 0 Å². The number of carbonyl (C=O) groups excluding carboxylic acids is 1. The standard InChI is InChI=1S/2C4H6O2.C2H4.Na/c2*1-3(2)4(5)6;1-2;/h2*1H2,2H3,(H,5,6);1-2H2;/q;;;+1/p-1. The second-order valence-corrected chi connectivity index (χ2v) is 2.15. The molecule has 0 heterocycles. The van der Waals surface area contributed by atoms with E-state index in [1.807, 2.05) is 0 Å². The van der Waals surface area contributed by atoms with E-state index in [4.69, 9.17) is 5.11 Å². The summed E-state index contributed by atoms with van der Waals surface area (Å²) in [4.78, 5) is 19.1. The van der Waals surface area contributed by atoms with Gasteiger partial charge in [-0.05, 0) is 19.4 Å². The van der Waals surface area contributed by atoms with E-state index in [-0.39, 0.29) is 40.7 Å². The van der Waals surface area contributed by atoms with Crippen molar-refractivity contribution in [1.29, 1.82) is 0 Å². The maximum Gasteiger partial charge on any atom is 1.00 e. The van der Waals surface area contributed by atoms with Gasteiger partial charge in [-0.25, -0.2) is 4.79 Å². The van der Waals surface area contributed by atoms with E-state index < -0.39 is 11.9 Å².